The van der Waals surface area contributed by atoms with Gasteiger partial charge in [-0.15, -0.1) is 0 Å². The molecular formula is C22H23IN2O4. The summed E-state index contributed by atoms with van der Waals surface area (Å²) in [6, 6.07) is 11.0. The van der Waals surface area contributed by atoms with E-state index in [0.717, 1.165) is 20.3 Å². The number of imide groups is 1. The summed E-state index contributed by atoms with van der Waals surface area (Å²) in [4.78, 5) is 26.3. The summed E-state index contributed by atoms with van der Waals surface area (Å²) in [5.41, 5.74) is 3.02. The molecule has 0 aliphatic carbocycles. The van der Waals surface area contributed by atoms with Crippen molar-refractivity contribution in [3.63, 3.8) is 0 Å². The molecule has 1 heterocycles. The Morgan fingerprint density at radius 1 is 1.07 bits per heavy atom. The number of carbonyl (C=O) groups is 2. The minimum Gasteiger partial charge on any atom is -0.490 e. The molecule has 1 saturated heterocycles. The van der Waals surface area contributed by atoms with E-state index in [1.165, 1.54) is 4.90 Å². The first-order chi connectivity index (χ1) is 13.9. The maximum atomic E-state index is 12.8. The normalized spacial score (nSPS) is 15.0. The van der Waals surface area contributed by atoms with Gasteiger partial charge in [0.2, 0.25) is 0 Å². The number of carbonyl (C=O) groups excluding carboxylic acids is 2. The zero-order chi connectivity index (χ0) is 21.0. The highest BCUT2D eigenvalue weighted by Gasteiger charge is 2.33. The fourth-order valence-electron chi connectivity index (χ4n) is 2.98. The third kappa shape index (κ3) is 4.90. The van der Waals surface area contributed by atoms with Crippen molar-refractivity contribution < 1.29 is 19.1 Å². The zero-order valence-electron chi connectivity index (χ0n) is 16.6. The van der Waals surface area contributed by atoms with E-state index in [4.69, 9.17) is 9.47 Å². The Morgan fingerprint density at radius 2 is 1.76 bits per heavy atom. The molecule has 0 aromatic heterocycles. The average Bonchev–Trinajstić information content (AvgIpc) is 2.94. The molecule has 3 amide bonds. The second kappa shape index (κ2) is 9.30. The number of aryl methyl sites for hydroxylation is 1. The van der Waals surface area contributed by atoms with Gasteiger partial charge < -0.3 is 14.8 Å². The van der Waals surface area contributed by atoms with Crippen molar-refractivity contribution in [3.8, 4) is 11.5 Å². The molecule has 1 aliphatic heterocycles. The fraction of sp³-hybridized carbons (Fsp3) is 0.273. The summed E-state index contributed by atoms with van der Waals surface area (Å²) in [6.45, 7) is 7.06. The molecule has 0 atom stereocenters. The van der Waals surface area contributed by atoms with Crippen molar-refractivity contribution in [2.45, 2.75) is 27.3 Å². The minimum absolute atomic E-state index is 0.229. The Bertz CT molecular complexity index is 954. The van der Waals surface area contributed by atoms with Crippen LogP contribution in [-0.4, -0.2) is 30.1 Å². The fourth-order valence-corrected chi connectivity index (χ4v) is 3.76. The van der Waals surface area contributed by atoms with Crippen molar-refractivity contribution in [2.24, 2.45) is 0 Å². The van der Waals surface area contributed by atoms with Crippen LogP contribution < -0.4 is 14.8 Å². The lowest BCUT2D eigenvalue weighted by molar-refractivity contribution is -0.123. The van der Waals surface area contributed by atoms with Crippen LogP contribution >= 0.6 is 22.6 Å². The molecule has 7 heteroatoms. The molecule has 0 spiro atoms. The van der Waals surface area contributed by atoms with Crippen LogP contribution in [0.4, 0.5) is 4.79 Å². The van der Waals surface area contributed by atoms with E-state index in [-0.39, 0.29) is 18.1 Å². The number of nitrogens with one attached hydrogen (secondary N) is 1. The number of nitrogens with zero attached hydrogens (tertiary/aromatic N) is 1. The van der Waals surface area contributed by atoms with Gasteiger partial charge in [-0.2, -0.15) is 0 Å². The molecule has 1 fully saturated rings. The Morgan fingerprint density at radius 3 is 2.41 bits per heavy atom. The number of hydrogen-bond donors (Lipinski definition) is 1. The van der Waals surface area contributed by atoms with Gasteiger partial charge in [-0.25, -0.2) is 4.79 Å². The third-order valence-electron chi connectivity index (χ3n) is 4.35. The summed E-state index contributed by atoms with van der Waals surface area (Å²) < 4.78 is 12.2. The Balaban J connectivity index is 1.86. The highest BCUT2D eigenvalue weighted by molar-refractivity contribution is 14.1. The molecule has 2 aromatic carbocycles. The van der Waals surface area contributed by atoms with Gasteiger partial charge in [-0.05, 0) is 72.7 Å². The maximum Gasteiger partial charge on any atom is 0.329 e. The van der Waals surface area contributed by atoms with Gasteiger partial charge >= 0.3 is 6.03 Å². The molecular weight excluding hydrogens is 483 g/mol. The van der Waals surface area contributed by atoms with E-state index in [1.54, 1.807) is 6.08 Å². The predicted molar refractivity (Wildman–Crippen MR) is 120 cm³/mol. The largest absolute Gasteiger partial charge is 0.490 e. The molecule has 0 saturated carbocycles. The van der Waals surface area contributed by atoms with Crippen LogP contribution in [0.3, 0.4) is 0 Å². The Hall–Kier alpha value is -2.55. The molecule has 2 aromatic rings. The van der Waals surface area contributed by atoms with Crippen LogP contribution in [0.2, 0.25) is 0 Å². The van der Waals surface area contributed by atoms with E-state index in [0.29, 0.717) is 24.7 Å². The Labute approximate surface area is 184 Å². The summed E-state index contributed by atoms with van der Waals surface area (Å²) >= 11 is 2.18. The molecule has 0 unspecified atom stereocenters. The first kappa shape index (κ1) is 21.2. The highest BCUT2D eigenvalue weighted by Crippen LogP contribution is 2.35. The lowest BCUT2D eigenvalue weighted by Crippen LogP contribution is -2.30. The van der Waals surface area contributed by atoms with E-state index in [1.807, 2.05) is 57.2 Å². The van der Waals surface area contributed by atoms with E-state index >= 15 is 0 Å². The highest BCUT2D eigenvalue weighted by atomic mass is 127. The van der Waals surface area contributed by atoms with Crippen molar-refractivity contribution in [1.29, 1.82) is 0 Å². The van der Waals surface area contributed by atoms with Crippen molar-refractivity contribution in [1.82, 2.24) is 10.2 Å². The molecule has 0 bridgehead atoms. The second-order valence-electron chi connectivity index (χ2n) is 6.56. The first-order valence-electron chi connectivity index (χ1n) is 9.42. The number of amides is 3. The van der Waals surface area contributed by atoms with Crippen LogP contribution in [0.5, 0.6) is 11.5 Å². The van der Waals surface area contributed by atoms with Crippen LogP contribution in [0.15, 0.2) is 42.1 Å². The molecule has 3 rings (SSSR count). The Kier molecular flexibility index (Phi) is 6.79. The third-order valence-corrected chi connectivity index (χ3v) is 5.16. The molecule has 1 N–H and O–H groups in total. The number of hydrogen-bond acceptors (Lipinski definition) is 4. The average molecular weight is 506 g/mol. The first-order valence-corrected chi connectivity index (χ1v) is 10.5. The topological polar surface area (TPSA) is 67.9 Å². The van der Waals surface area contributed by atoms with E-state index in [2.05, 4.69) is 27.9 Å². The van der Waals surface area contributed by atoms with Gasteiger partial charge in [0.15, 0.2) is 11.5 Å². The van der Waals surface area contributed by atoms with Gasteiger partial charge in [0.1, 0.15) is 5.70 Å². The molecule has 0 radical (unpaired) electrons. The maximum absolute atomic E-state index is 12.8. The number of benzene rings is 2. The lowest BCUT2D eigenvalue weighted by atomic mass is 10.1. The quantitative estimate of drug-likeness (QED) is 0.342. The standard InChI is InChI=1S/C22H23IN2O4/c1-4-28-19-12-16(10-17(23)20(19)29-5-2)11-18-21(26)25(22(27)24-18)13-15-8-6-14(3)7-9-15/h6-12H,4-5,13H2,1-3H3,(H,24,27)/b18-11+. The second-order valence-corrected chi connectivity index (χ2v) is 7.72. The minimum atomic E-state index is -0.424. The number of urea groups is 1. The van der Waals surface area contributed by atoms with Gasteiger partial charge in [-0.3, -0.25) is 9.69 Å². The summed E-state index contributed by atoms with van der Waals surface area (Å²) in [6.07, 6.45) is 1.66. The summed E-state index contributed by atoms with van der Waals surface area (Å²) in [7, 11) is 0. The van der Waals surface area contributed by atoms with Crippen LogP contribution in [0.25, 0.3) is 6.08 Å². The number of rotatable bonds is 7. The van der Waals surface area contributed by atoms with E-state index in [9.17, 15) is 9.59 Å². The van der Waals surface area contributed by atoms with Gasteiger partial charge in [0.05, 0.1) is 23.3 Å². The van der Waals surface area contributed by atoms with Crippen molar-refractivity contribution >= 4 is 40.6 Å². The molecule has 29 heavy (non-hydrogen) atoms. The van der Waals surface area contributed by atoms with Gasteiger partial charge in [0, 0.05) is 0 Å². The van der Waals surface area contributed by atoms with Crippen molar-refractivity contribution in [2.75, 3.05) is 13.2 Å². The number of ether oxygens (including phenoxy) is 2. The van der Waals surface area contributed by atoms with Crippen molar-refractivity contribution in [3.05, 3.63) is 62.4 Å². The van der Waals surface area contributed by atoms with Crippen LogP contribution in [0, 0.1) is 10.5 Å². The monoisotopic (exact) mass is 506 g/mol. The molecule has 152 valence electrons. The number of halogens is 1. The van der Waals surface area contributed by atoms with E-state index < -0.39 is 6.03 Å². The SMILES string of the molecule is CCOc1cc(/C=C2/NC(=O)N(Cc3ccc(C)cc3)C2=O)cc(I)c1OCC. The lowest BCUT2D eigenvalue weighted by Gasteiger charge is -2.14. The summed E-state index contributed by atoms with van der Waals surface area (Å²) in [5, 5.41) is 2.67. The predicted octanol–water partition coefficient (Wildman–Crippen LogP) is 4.49. The smallest absolute Gasteiger partial charge is 0.329 e. The summed E-state index contributed by atoms with van der Waals surface area (Å²) in [5.74, 6) is 0.943. The van der Waals surface area contributed by atoms with Gasteiger partial charge in [0.25, 0.3) is 5.91 Å². The van der Waals surface area contributed by atoms with Crippen LogP contribution in [0.1, 0.15) is 30.5 Å². The zero-order valence-corrected chi connectivity index (χ0v) is 18.8. The molecule has 6 nitrogen and oxygen atoms in total. The van der Waals surface area contributed by atoms with Crippen LogP contribution in [-0.2, 0) is 11.3 Å². The molecule has 1 aliphatic rings. The van der Waals surface area contributed by atoms with Gasteiger partial charge in [-0.1, -0.05) is 29.8 Å².